The Bertz CT molecular complexity index is 1170. The molecule has 0 fully saturated rings. The maximum absolute atomic E-state index is 13.0. The number of fused-ring (bicyclic) bond motifs is 1. The number of nitrogens with one attached hydrogen (secondary N) is 1. The lowest BCUT2D eigenvalue weighted by Gasteiger charge is -2.26. The van der Waals surface area contributed by atoms with Gasteiger partial charge in [-0.05, 0) is 29.8 Å². The fraction of sp³-hybridized carbons (Fsp3) is 0.238. The van der Waals surface area contributed by atoms with Crippen LogP contribution in [0.3, 0.4) is 0 Å². The van der Waals surface area contributed by atoms with Gasteiger partial charge in [0.05, 0.1) is 4.90 Å². The first-order chi connectivity index (χ1) is 14.4. The van der Waals surface area contributed by atoms with Crippen LogP contribution in [0.4, 0.5) is 4.39 Å². The number of carbonyl (C=O) groups is 1. The molecule has 1 aliphatic heterocycles. The number of amides is 1. The van der Waals surface area contributed by atoms with Gasteiger partial charge >= 0.3 is 0 Å². The molecule has 0 atom stereocenters. The second kappa shape index (κ2) is 8.00. The molecule has 2 heterocycles. The molecule has 0 saturated heterocycles. The summed E-state index contributed by atoms with van der Waals surface area (Å²) >= 11 is 0. The summed E-state index contributed by atoms with van der Waals surface area (Å²) in [5, 5.41) is 7.11. The van der Waals surface area contributed by atoms with E-state index in [-0.39, 0.29) is 29.5 Å². The minimum absolute atomic E-state index is 0.0830. The standard InChI is InChI=1S/C21H21FN4O3S/c1-25-19-11-12-26(30(28,29)17-5-3-2-4-6-17)14-18(19)20(24-25)21(27)23-13-15-7-9-16(22)10-8-15/h2-10H,11-14H2,1H3,(H,23,27). The Morgan fingerprint density at radius 1 is 1.13 bits per heavy atom. The summed E-state index contributed by atoms with van der Waals surface area (Å²) in [6.45, 7) is 0.622. The molecule has 1 aromatic heterocycles. The van der Waals surface area contributed by atoms with Gasteiger partial charge in [0.15, 0.2) is 5.69 Å². The van der Waals surface area contributed by atoms with E-state index >= 15 is 0 Å². The molecular weight excluding hydrogens is 407 g/mol. The normalized spacial score (nSPS) is 14.3. The Balaban J connectivity index is 1.55. The van der Waals surface area contributed by atoms with Crippen LogP contribution in [-0.2, 0) is 36.6 Å². The van der Waals surface area contributed by atoms with Crippen LogP contribution in [0.25, 0.3) is 0 Å². The van der Waals surface area contributed by atoms with Gasteiger partial charge in [0, 0.05) is 44.4 Å². The second-order valence-electron chi connectivity index (χ2n) is 7.11. The predicted molar refractivity (Wildman–Crippen MR) is 109 cm³/mol. The van der Waals surface area contributed by atoms with E-state index in [1.165, 1.54) is 16.4 Å². The van der Waals surface area contributed by atoms with Crippen LogP contribution in [0.2, 0.25) is 0 Å². The molecule has 0 radical (unpaired) electrons. The highest BCUT2D eigenvalue weighted by molar-refractivity contribution is 7.89. The SMILES string of the molecule is Cn1nc(C(=O)NCc2ccc(F)cc2)c2c1CCN(S(=O)(=O)c1ccccc1)C2. The lowest BCUT2D eigenvalue weighted by atomic mass is 10.1. The number of aryl methyl sites for hydroxylation is 1. The number of aromatic nitrogens is 2. The molecule has 1 N–H and O–H groups in total. The van der Waals surface area contributed by atoms with E-state index in [4.69, 9.17) is 0 Å². The minimum atomic E-state index is -3.67. The van der Waals surface area contributed by atoms with E-state index in [2.05, 4.69) is 10.4 Å². The van der Waals surface area contributed by atoms with Gasteiger partial charge in [0.2, 0.25) is 10.0 Å². The van der Waals surface area contributed by atoms with Crippen molar-refractivity contribution in [2.75, 3.05) is 6.54 Å². The molecule has 1 amide bonds. The van der Waals surface area contributed by atoms with Crippen molar-refractivity contribution in [3.05, 3.63) is 82.9 Å². The first-order valence-electron chi connectivity index (χ1n) is 9.49. The van der Waals surface area contributed by atoms with Crippen LogP contribution in [0, 0.1) is 5.82 Å². The molecule has 30 heavy (non-hydrogen) atoms. The first kappa shape index (κ1) is 20.2. The summed E-state index contributed by atoms with van der Waals surface area (Å²) in [6, 6.07) is 14.1. The monoisotopic (exact) mass is 428 g/mol. The maximum atomic E-state index is 13.0. The quantitative estimate of drug-likeness (QED) is 0.676. The number of halogens is 1. The summed E-state index contributed by atoms with van der Waals surface area (Å²) < 4.78 is 42.0. The van der Waals surface area contributed by atoms with Crippen molar-refractivity contribution in [3.8, 4) is 0 Å². The average molecular weight is 428 g/mol. The molecule has 2 aromatic carbocycles. The van der Waals surface area contributed by atoms with Crippen LogP contribution in [0.15, 0.2) is 59.5 Å². The van der Waals surface area contributed by atoms with Crippen molar-refractivity contribution in [2.45, 2.75) is 24.4 Å². The zero-order valence-electron chi connectivity index (χ0n) is 16.4. The summed E-state index contributed by atoms with van der Waals surface area (Å²) in [7, 11) is -1.92. The van der Waals surface area contributed by atoms with Gasteiger partial charge in [-0.3, -0.25) is 9.48 Å². The van der Waals surface area contributed by atoms with Crippen molar-refractivity contribution in [3.63, 3.8) is 0 Å². The molecule has 1 aliphatic rings. The number of sulfonamides is 1. The molecule has 156 valence electrons. The Hall–Kier alpha value is -3.04. The van der Waals surface area contributed by atoms with Gasteiger partial charge in [0.1, 0.15) is 5.82 Å². The van der Waals surface area contributed by atoms with E-state index in [9.17, 15) is 17.6 Å². The van der Waals surface area contributed by atoms with Gasteiger partial charge < -0.3 is 5.32 Å². The van der Waals surface area contributed by atoms with Crippen LogP contribution < -0.4 is 5.32 Å². The predicted octanol–water partition coefficient (Wildman–Crippen LogP) is 2.24. The maximum Gasteiger partial charge on any atom is 0.272 e. The molecule has 0 saturated carbocycles. The average Bonchev–Trinajstić information content (AvgIpc) is 3.10. The van der Waals surface area contributed by atoms with Crippen LogP contribution in [-0.4, -0.2) is 35.0 Å². The van der Waals surface area contributed by atoms with Crippen LogP contribution >= 0.6 is 0 Å². The molecule has 7 nitrogen and oxygen atoms in total. The molecule has 0 bridgehead atoms. The Morgan fingerprint density at radius 2 is 1.83 bits per heavy atom. The summed E-state index contributed by atoms with van der Waals surface area (Å²) in [5.74, 6) is -0.737. The van der Waals surface area contributed by atoms with E-state index in [0.717, 1.165) is 11.3 Å². The molecule has 0 unspecified atom stereocenters. The molecule has 9 heteroatoms. The van der Waals surface area contributed by atoms with Crippen molar-refractivity contribution >= 4 is 15.9 Å². The number of rotatable bonds is 5. The van der Waals surface area contributed by atoms with Crippen molar-refractivity contribution in [2.24, 2.45) is 7.05 Å². The summed E-state index contributed by atoms with van der Waals surface area (Å²) in [4.78, 5) is 13.0. The van der Waals surface area contributed by atoms with Crippen molar-refractivity contribution < 1.29 is 17.6 Å². The van der Waals surface area contributed by atoms with Gasteiger partial charge in [-0.2, -0.15) is 9.40 Å². The Morgan fingerprint density at radius 3 is 2.53 bits per heavy atom. The third-order valence-corrected chi connectivity index (χ3v) is 7.03. The molecule has 0 aliphatic carbocycles. The zero-order valence-corrected chi connectivity index (χ0v) is 17.2. The lowest BCUT2D eigenvalue weighted by Crippen LogP contribution is -2.37. The van der Waals surface area contributed by atoms with E-state index in [1.807, 2.05) is 0 Å². The number of hydrogen-bond donors (Lipinski definition) is 1. The summed E-state index contributed by atoms with van der Waals surface area (Å²) in [5.41, 5.74) is 2.42. The number of benzene rings is 2. The van der Waals surface area contributed by atoms with Crippen molar-refractivity contribution in [1.82, 2.24) is 19.4 Å². The van der Waals surface area contributed by atoms with Gasteiger partial charge in [-0.1, -0.05) is 30.3 Å². The molecule has 0 spiro atoms. The zero-order chi connectivity index (χ0) is 21.3. The highest BCUT2D eigenvalue weighted by Crippen LogP contribution is 2.27. The van der Waals surface area contributed by atoms with E-state index < -0.39 is 15.9 Å². The van der Waals surface area contributed by atoms with Gasteiger partial charge in [-0.15, -0.1) is 0 Å². The number of nitrogens with zero attached hydrogens (tertiary/aromatic N) is 3. The number of carbonyl (C=O) groups excluding carboxylic acids is 1. The van der Waals surface area contributed by atoms with Crippen LogP contribution in [0.5, 0.6) is 0 Å². The van der Waals surface area contributed by atoms with Crippen LogP contribution in [0.1, 0.15) is 27.3 Å². The van der Waals surface area contributed by atoms with Crippen molar-refractivity contribution in [1.29, 1.82) is 0 Å². The third kappa shape index (κ3) is 3.86. The fourth-order valence-electron chi connectivity index (χ4n) is 3.57. The minimum Gasteiger partial charge on any atom is -0.347 e. The largest absolute Gasteiger partial charge is 0.347 e. The molecular formula is C21H21FN4O3S. The fourth-order valence-corrected chi connectivity index (χ4v) is 4.99. The lowest BCUT2D eigenvalue weighted by molar-refractivity contribution is 0.0943. The molecule has 3 aromatic rings. The topological polar surface area (TPSA) is 84.3 Å². The number of hydrogen-bond acceptors (Lipinski definition) is 4. The Kier molecular flexibility index (Phi) is 5.40. The third-order valence-electron chi connectivity index (χ3n) is 5.17. The first-order valence-corrected chi connectivity index (χ1v) is 10.9. The van der Waals surface area contributed by atoms with E-state index in [1.54, 1.807) is 54.2 Å². The highest BCUT2D eigenvalue weighted by Gasteiger charge is 2.33. The molecule has 4 rings (SSSR count). The van der Waals surface area contributed by atoms with Gasteiger partial charge in [0.25, 0.3) is 5.91 Å². The summed E-state index contributed by atoms with van der Waals surface area (Å²) in [6.07, 6.45) is 0.468. The van der Waals surface area contributed by atoms with E-state index in [0.29, 0.717) is 18.5 Å². The Labute approximate surface area is 174 Å². The second-order valence-corrected chi connectivity index (χ2v) is 9.05. The smallest absolute Gasteiger partial charge is 0.272 e. The van der Waals surface area contributed by atoms with Gasteiger partial charge in [-0.25, -0.2) is 12.8 Å². The highest BCUT2D eigenvalue weighted by atomic mass is 32.2.